The molecule has 0 heterocycles. The maximum Gasteiger partial charge on any atom is 0.407 e. The van der Waals surface area contributed by atoms with E-state index in [9.17, 15) is 14.7 Å². The fourth-order valence-corrected chi connectivity index (χ4v) is 2.94. The van der Waals surface area contributed by atoms with Crippen LogP contribution >= 0.6 is 0 Å². The summed E-state index contributed by atoms with van der Waals surface area (Å²) >= 11 is 0. The molecule has 162 valence electrons. The van der Waals surface area contributed by atoms with Gasteiger partial charge in [0.1, 0.15) is 18.0 Å². The maximum absolute atomic E-state index is 12.2. The standard InChI is InChI=1S/C24H31NO5/c1-17(22(26)27)14-20(25-23(28)30-24(2,3)4)15-18-10-12-21(13-11-18)29-16-19-8-6-5-7-9-19/h5-13,17,20H,14-16H2,1-4H3,(H,25,28)(H,26,27)/t17-,20-/m1/s1. The number of alkyl carbamates (subject to hydrolysis) is 1. The van der Waals surface area contributed by atoms with Gasteiger partial charge in [0.05, 0.1) is 5.92 Å². The first-order valence-corrected chi connectivity index (χ1v) is 10.1. The number of carboxylic acid groups (broad SMARTS) is 1. The minimum Gasteiger partial charge on any atom is -0.489 e. The Hall–Kier alpha value is -3.02. The summed E-state index contributed by atoms with van der Waals surface area (Å²) in [6.45, 7) is 7.48. The van der Waals surface area contributed by atoms with E-state index in [0.717, 1.165) is 16.9 Å². The van der Waals surface area contributed by atoms with Gasteiger partial charge in [-0.25, -0.2) is 4.79 Å². The Morgan fingerprint density at radius 1 is 1.00 bits per heavy atom. The minimum atomic E-state index is -0.893. The zero-order valence-corrected chi connectivity index (χ0v) is 18.1. The van der Waals surface area contributed by atoms with Crippen LogP contribution < -0.4 is 10.1 Å². The van der Waals surface area contributed by atoms with Gasteiger partial charge in [-0.2, -0.15) is 0 Å². The lowest BCUT2D eigenvalue weighted by Crippen LogP contribution is -2.41. The van der Waals surface area contributed by atoms with E-state index in [1.807, 2.05) is 54.6 Å². The second-order valence-corrected chi connectivity index (χ2v) is 8.44. The molecule has 0 aliphatic rings. The van der Waals surface area contributed by atoms with Crippen molar-refractivity contribution >= 4 is 12.1 Å². The van der Waals surface area contributed by atoms with Gasteiger partial charge in [0.2, 0.25) is 0 Å². The average Bonchev–Trinajstić information content (AvgIpc) is 2.66. The fraction of sp³-hybridized carbons (Fsp3) is 0.417. The molecule has 0 saturated heterocycles. The lowest BCUT2D eigenvalue weighted by Gasteiger charge is -2.24. The van der Waals surface area contributed by atoms with E-state index in [2.05, 4.69) is 5.32 Å². The number of amides is 1. The average molecular weight is 414 g/mol. The highest BCUT2D eigenvalue weighted by Gasteiger charge is 2.23. The van der Waals surface area contributed by atoms with Crippen LogP contribution in [-0.4, -0.2) is 28.8 Å². The van der Waals surface area contributed by atoms with Crippen LogP contribution in [0.4, 0.5) is 4.79 Å². The zero-order valence-electron chi connectivity index (χ0n) is 18.1. The SMILES string of the molecule is C[C@H](C[C@H](Cc1ccc(OCc2ccccc2)cc1)NC(=O)OC(C)(C)C)C(=O)O. The van der Waals surface area contributed by atoms with Crippen LogP contribution in [0, 0.1) is 5.92 Å². The molecule has 6 nitrogen and oxygen atoms in total. The first kappa shape index (κ1) is 23.3. The van der Waals surface area contributed by atoms with Crippen molar-refractivity contribution in [3.8, 4) is 5.75 Å². The van der Waals surface area contributed by atoms with Gasteiger partial charge in [0.25, 0.3) is 0 Å². The fourth-order valence-electron chi connectivity index (χ4n) is 2.94. The normalized spacial score (nSPS) is 13.2. The van der Waals surface area contributed by atoms with E-state index in [-0.39, 0.29) is 6.04 Å². The molecule has 2 aromatic rings. The number of ether oxygens (including phenoxy) is 2. The molecule has 1 amide bonds. The van der Waals surface area contributed by atoms with E-state index in [1.165, 1.54) is 0 Å². The van der Waals surface area contributed by atoms with Crippen LogP contribution in [-0.2, 0) is 22.6 Å². The predicted molar refractivity (Wildman–Crippen MR) is 115 cm³/mol. The molecule has 0 unspecified atom stereocenters. The third-order valence-corrected chi connectivity index (χ3v) is 4.43. The molecule has 0 aliphatic heterocycles. The lowest BCUT2D eigenvalue weighted by atomic mass is 9.96. The molecule has 0 bridgehead atoms. The Morgan fingerprint density at radius 3 is 2.20 bits per heavy atom. The summed E-state index contributed by atoms with van der Waals surface area (Å²) in [6.07, 6.45) is 0.254. The number of nitrogens with one attached hydrogen (secondary N) is 1. The monoisotopic (exact) mass is 413 g/mol. The summed E-state index contributed by atoms with van der Waals surface area (Å²) < 4.78 is 11.1. The maximum atomic E-state index is 12.2. The Balaban J connectivity index is 1.99. The van der Waals surface area contributed by atoms with Crippen molar-refractivity contribution < 1.29 is 24.2 Å². The summed E-state index contributed by atoms with van der Waals surface area (Å²) in [5, 5.41) is 12.1. The molecule has 0 fully saturated rings. The second kappa shape index (κ2) is 10.7. The number of hydrogen-bond donors (Lipinski definition) is 2. The van der Waals surface area contributed by atoms with E-state index in [0.29, 0.717) is 19.4 Å². The van der Waals surface area contributed by atoms with Crippen molar-refractivity contribution in [2.45, 2.75) is 58.8 Å². The number of rotatable bonds is 9. The highest BCUT2D eigenvalue weighted by Crippen LogP contribution is 2.18. The van der Waals surface area contributed by atoms with Gasteiger partial charge in [-0.15, -0.1) is 0 Å². The summed E-state index contributed by atoms with van der Waals surface area (Å²) in [4.78, 5) is 23.5. The van der Waals surface area contributed by atoms with E-state index >= 15 is 0 Å². The van der Waals surface area contributed by atoms with Gasteiger partial charge in [0, 0.05) is 6.04 Å². The van der Waals surface area contributed by atoms with Gasteiger partial charge in [0.15, 0.2) is 0 Å². The van der Waals surface area contributed by atoms with Gasteiger partial charge in [-0.3, -0.25) is 4.79 Å². The Bertz CT molecular complexity index is 812. The van der Waals surface area contributed by atoms with Crippen molar-refractivity contribution in [1.29, 1.82) is 0 Å². The third kappa shape index (κ3) is 8.55. The lowest BCUT2D eigenvalue weighted by molar-refractivity contribution is -0.141. The summed E-state index contributed by atoms with van der Waals surface area (Å²) in [7, 11) is 0. The van der Waals surface area contributed by atoms with E-state index < -0.39 is 23.6 Å². The van der Waals surface area contributed by atoms with E-state index in [4.69, 9.17) is 9.47 Å². The quantitative estimate of drug-likeness (QED) is 0.616. The molecule has 2 aromatic carbocycles. The Labute approximate surface area is 178 Å². The highest BCUT2D eigenvalue weighted by atomic mass is 16.6. The number of benzene rings is 2. The topological polar surface area (TPSA) is 84.9 Å². The van der Waals surface area contributed by atoms with Gasteiger partial charge in [-0.05, 0) is 56.9 Å². The summed E-state index contributed by atoms with van der Waals surface area (Å²) in [5.74, 6) is -0.729. The van der Waals surface area contributed by atoms with E-state index in [1.54, 1.807) is 27.7 Å². The molecular formula is C24H31NO5. The van der Waals surface area contributed by atoms with Gasteiger partial charge < -0.3 is 19.9 Å². The Kier molecular flexibility index (Phi) is 8.27. The summed E-state index contributed by atoms with van der Waals surface area (Å²) in [5.41, 5.74) is 1.44. The number of hydrogen-bond acceptors (Lipinski definition) is 4. The molecule has 0 aromatic heterocycles. The van der Waals surface area contributed by atoms with Crippen molar-refractivity contribution in [1.82, 2.24) is 5.32 Å². The Morgan fingerprint density at radius 2 is 1.63 bits per heavy atom. The van der Waals surface area contributed by atoms with Crippen LogP contribution in [0.1, 0.15) is 45.2 Å². The van der Waals surface area contributed by atoms with Crippen molar-refractivity contribution in [2.24, 2.45) is 5.92 Å². The third-order valence-electron chi connectivity index (χ3n) is 4.43. The van der Waals surface area contributed by atoms with Crippen molar-refractivity contribution in [3.63, 3.8) is 0 Å². The molecule has 0 saturated carbocycles. The molecule has 0 aliphatic carbocycles. The van der Waals surface area contributed by atoms with Crippen LogP contribution in [0.3, 0.4) is 0 Å². The molecule has 2 rings (SSSR count). The minimum absolute atomic E-state index is 0.306. The van der Waals surface area contributed by atoms with Crippen molar-refractivity contribution in [3.05, 3.63) is 65.7 Å². The molecule has 30 heavy (non-hydrogen) atoms. The first-order valence-electron chi connectivity index (χ1n) is 10.1. The van der Waals surface area contributed by atoms with Crippen LogP contribution in [0.5, 0.6) is 5.75 Å². The predicted octanol–water partition coefficient (Wildman–Crippen LogP) is 4.81. The zero-order chi connectivity index (χ0) is 22.1. The number of carbonyl (C=O) groups is 2. The highest BCUT2D eigenvalue weighted by molar-refractivity contribution is 5.70. The second-order valence-electron chi connectivity index (χ2n) is 8.44. The molecule has 0 radical (unpaired) electrons. The van der Waals surface area contributed by atoms with Gasteiger partial charge in [-0.1, -0.05) is 49.4 Å². The van der Waals surface area contributed by atoms with Crippen LogP contribution in [0.2, 0.25) is 0 Å². The molecule has 2 N–H and O–H groups in total. The van der Waals surface area contributed by atoms with Crippen LogP contribution in [0.25, 0.3) is 0 Å². The number of carbonyl (C=O) groups excluding carboxylic acids is 1. The summed E-state index contributed by atoms with van der Waals surface area (Å²) in [6, 6.07) is 17.2. The molecular weight excluding hydrogens is 382 g/mol. The largest absolute Gasteiger partial charge is 0.489 e. The molecule has 0 spiro atoms. The van der Waals surface area contributed by atoms with Crippen molar-refractivity contribution in [2.75, 3.05) is 0 Å². The van der Waals surface area contributed by atoms with Gasteiger partial charge >= 0.3 is 12.1 Å². The van der Waals surface area contributed by atoms with Crippen LogP contribution in [0.15, 0.2) is 54.6 Å². The first-order chi connectivity index (χ1) is 14.1. The number of aliphatic carboxylic acids is 1. The number of carboxylic acids is 1. The smallest absolute Gasteiger partial charge is 0.407 e. The molecule has 2 atom stereocenters. The molecule has 6 heteroatoms.